The number of nitrogens with one attached hydrogen (secondary N) is 2. The van der Waals surface area contributed by atoms with Gasteiger partial charge >= 0.3 is 0 Å². The van der Waals surface area contributed by atoms with Gasteiger partial charge < -0.3 is 15.4 Å². The number of rotatable bonds is 7. The molecule has 0 spiro atoms. The van der Waals surface area contributed by atoms with Gasteiger partial charge in [0.25, 0.3) is 0 Å². The summed E-state index contributed by atoms with van der Waals surface area (Å²) in [5, 5.41) is 6.08. The molecular weight excluding hydrogens is 264 g/mol. The van der Waals surface area contributed by atoms with E-state index in [1.807, 2.05) is 38.1 Å². The topological polar surface area (TPSA) is 50.4 Å². The Balaban J connectivity index is 0.00000324. The monoisotopic (exact) mass is 286 g/mol. The van der Waals surface area contributed by atoms with Crippen LogP contribution in [0.1, 0.15) is 25.3 Å². The summed E-state index contributed by atoms with van der Waals surface area (Å²) in [5.74, 6) is 0.655. The maximum atomic E-state index is 11.9. The Morgan fingerprint density at radius 2 is 2.11 bits per heavy atom. The van der Waals surface area contributed by atoms with Crippen molar-refractivity contribution < 1.29 is 9.53 Å². The zero-order chi connectivity index (χ0) is 13.4. The molecule has 108 valence electrons. The van der Waals surface area contributed by atoms with Crippen molar-refractivity contribution in [1.29, 1.82) is 0 Å². The third kappa shape index (κ3) is 5.94. The number of benzene rings is 1. The van der Waals surface area contributed by atoms with Gasteiger partial charge in [-0.15, -0.1) is 12.4 Å². The van der Waals surface area contributed by atoms with Crippen LogP contribution >= 0.6 is 12.4 Å². The van der Waals surface area contributed by atoms with Crippen LogP contribution in [0.15, 0.2) is 24.3 Å². The molecule has 0 bridgehead atoms. The average Bonchev–Trinajstić information content (AvgIpc) is 2.42. The number of likely N-dealkylation sites (N-methyl/N-ethyl adjacent to an activating group) is 1. The van der Waals surface area contributed by atoms with Gasteiger partial charge in [-0.25, -0.2) is 0 Å². The van der Waals surface area contributed by atoms with Gasteiger partial charge in [-0.05, 0) is 31.2 Å². The smallest absolute Gasteiger partial charge is 0.227 e. The van der Waals surface area contributed by atoms with Crippen LogP contribution in [0.4, 0.5) is 0 Å². The maximum absolute atomic E-state index is 11.9. The quantitative estimate of drug-likeness (QED) is 0.753. The Morgan fingerprint density at radius 3 is 2.74 bits per heavy atom. The number of carbonyl (C=O) groups excluding carboxylic acids is 1. The molecule has 19 heavy (non-hydrogen) atoms. The van der Waals surface area contributed by atoms with Crippen molar-refractivity contribution in [2.45, 2.75) is 19.8 Å². The Kier molecular flexibility index (Phi) is 9.00. The normalized spacial score (nSPS) is 11.3. The van der Waals surface area contributed by atoms with Gasteiger partial charge in [0.05, 0.1) is 13.0 Å². The van der Waals surface area contributed by atoms with E-state index in [2.05, 4.69) is 10.6 Å². The molecule has 0 aromatic heterocycles. The minimum absolute atomic E-state index is 0. The second-order valence-electron chi connectivity index (χ2n) is 4.14. The van der Waals surface area contributed by atoms with Crippen LogP contribution in [-0.2, 0) is 4.79 Å². The first kappa shape index (κ1) is 17.7. The van der Waals surface area contributed by atoms with Crippen LogP contribution in [0.25, 0.3) is 0 Å². The number of carbonyl (C=O) groups is 1. The molecule has 1 aromatic carbocycles. The molecule has 0 saturated carbocycles. The van der Waals surface area contributed by atoms with E-state index >= 15 is 0 Å². The summed E-state index contributed by atoms with van der Waals surface area (Å²) >= 11 is 0. The van der Waals surface area contributed by atoms with E-state index in [9.17, 15) is 4.79 Å². The lowest BCUT2D eigenvalue weighted by molar-refractivity contribution is -0.122. The van der Waals surface area contributed by atoms with Crippen LogP contribution < -0.4 is 15.4 Å². The van der Waals surface area contributed by atoms with Crippen LogP contribution in [0.3, 0.4) is 0 Å². The number of ether oxygens (including phenoxy) is 1. The van der Waals surface area contributed by atoms with Crippen molar-refractivity contribution in [3.8, 4) is 5.75 Å². The van der Waals surface area contributed by atoms with E-state index < -0.39 is 0 Å². The van der Waals surface area contributed by atoms with E-state index in [4.69, 9.17) is 4.74 Å². The second kappa shape index (κ2) is 9.64. The molecule has 0 saturated heterocycles. The van der Waals surface area contributed by atoms with Crippen molar-refractivity contribution in [3.05, 3.63) is 29.8 Å². The zero-order valence-electron chi connectivity index (χ0n) is 11.7. The van der Waals surface area contributed by atoms with Crippen molar-refractivity contribution in [1.82, 2.24) is 10.6 Å². The van der Waals surface area contributed by atoms with E-state index in [1.165, 1.54) is 0 Å². The lowest BCUT2D eigenvalue weighted by Gasteiger charge is -2.13. The molecule has 1 aromatic rings. The highest BCUT2D eigenvalue weighted by atomic mass is 35.5. The predicted molar refractivity (Wildman–Crippen MR) is 80.2 cm³/mol. The number of hydrogen-bond acceptors (Lipinski definition) is 3. The van der Waals surface area contributed by atoms with Gasteiger partial charge in [0.2, 0.25) is 5.91 Å². The standard InChI is InChI=1S/C14H22N2O2.ClH/c1-4-15-8-9-16-14(17)11(2)12-6-5-7-13(10-12)18-3;/h5-7,10-11,15H,4,8-9H2,1-3H3,(H,16,17);1H. The third-order valence-corrected chi connectivity index (χ3v) is 2.84. The molecule has 0 aliphatic heterocycles. The van der Waals surface area contributed by atoms with Gasteiger partial charge in [-0.3, -0.25) is 4.79 Å². The number of amides is 1. The molecule has 2 N–H and O–H groups in total. The summed E-state index contributed by atoms with van der Waals surface area (Å²) in [6.45, 7) is 6.31. The molecule has 0 radical (unpaired) electrons. The Morgan fingerprint density at radius 1 is 1.37 bits per heavy atom. The van der Waals surface area contributed by atoms with Gasteiger partial charge in [-0.2, -0.15) is 0 Å². The molecule has 0 aliphatic rings. The molecule has 4 nitrogen and oxygen atoms in total. The largest absolute Gasteiger partial charge is 0.497 e. The molecule has 1 atom stereocenters. The van der Waals surface area contributed by atoms with Gasteiger partial charge in [0.1, 0.15) is 5.75 Å². The Hall–Kier alpha value is -1.26. The van der Waals surface area contributed by atoms with Crippen molar-refractivity contribution in [3.63, 3.8) is 0 Å². The highest BCUT2D eigenvalue weighted by Crippen LogP contribution is 2.20. The highest BCUT2D eigenvalue weighted by molar-refractivity contribution is 5.85. The minimum atomic E-state index is -0.165. The fourth-order valence-corrected chi connectivity index (χ4v) is 1.67. The molecule has 1 rings (SSSR count). The van der Waals surface area contributed by atoms with Crippen molar-refractivity contribution >= 4 is 18.3 Å². The SMILES string of the molecule is CCNCCNC(=O)C(C)c1cccc(OC)c1.Cl. The van der Waals surface area contributed by atoms with E-state index in [0.717, 1.165) is 24.4 Å². The first-order valence-corrected chi connectivity index (χ1v) is 6.31. The van der Waals surface area contributed by atoms with Crippen molar-refractivity contribution in [2.75, 3.05) is 26.7 Å². The fraction of sp³-hybridized carbons (Fsp3) is 0.500. The average molecular weight is 287 g/mol. The fourth-order valence-electron chi connectivity index (χ4n) is 1.67. The summed E-state index contributed by atoms with van der Waals surface area (Å²) in [6, 6.07) is 7.61. The maximum Gasteiger partial charge on any atom is 0.227 e. The lowest BCUT2D eigenvalue weighted by atomic mass is 10.0. The van der Waals surface area contributed by atoms with E-state index in [0.29, 0.717) is 6.54 Å². The lowest BCUT2D eigenvalue weighted by Crippen LogP contribution is -2.34. The van der Waals surface area contributed by atoms with Crippen LogP contribution in [0.5, 0.6) is 5.75 Å². The summed E-state index contributed by atoms with van der Waals surface area (Å²) in [6.07, 6.45) is 0. The minimum Gasteiger partial charge on any atom is -0.497 e. The molecule has 5 heteroatoms. The Labute approximate surface area is 121 Å². The predicted octanol–water partition coefficient (Wildman–Crippen LogP) is 1.95. The molecule has 0 aliphatic carbocycles. The summed E-state index contributed by atoms with van der Waals surface area (Å²) in [7, 11) is 1.63. The number of hydrogen-bond donors (Lipinski definition) is 2. The van der Waals surface area contributed by atoms with Gasteiger partial charge in [0.15, 0.2) is 0 Å². The van der Waals surface area contributed by atoms with E-state index in [-0.39, 0.29) is 24.2 Å². The second-order valence-corrected chi connectivity index (χ2v) is 4.14. The highest BCUT2D eigenvalue weighted by Gasteiger charge is 2.14. The third-order valence-electron chi connectivity index (χ3n) is 2.84. The summed E-state index contributed by atoms with van der Waals surface area (Å²) in [5.41, 5.74) is 0.968. The number of methoxy groups -OCH3 is 1. The molecule has 1 unspecified atom stereocenters. The summed E-state index contributed by atoms with van der Waals surface area (Å²) < 4.78 is 5.16. The molecular formula is C14H23ClN2O2. The first-order chi connectivity index (χ1) is 8.69. The molecule has 0 heterocycles. The Bertz CT molecular complexity index is 385. The van der Waals surface area contributed by atoms with Crippen LogP contribution in [0.2, 0.25) is 0 Å². The number of halogens is 1. The van der Waals surface area contributed by atoms with Crippen LogP contribution in [0, 0.1) is 0 Å². The van der Waals surface area contributed by atoms with Crippen molar-refractivity contribution in [2.24, 2.45) is 0 Å². The molecule has 0 fully saturated rings. The van der Waals surface area contributed by atoms with Gasteiger partial charge in [0, 0.05) is 13.1 Å². The van der Waals surface area contributed by atoms with E-state index in [1.54, 1.807) is 7.11 Å². The molecule has 1 amide bonds. The van der Waals surface area contributed by atoms with Gasteiger partial charge in [-0.1, -0.05) is 19.1 Å². The zero-order valence-corrected chi connectivity index (χ0v) is 12.5. The summed E-state index contributed by atoms with van der Waals surface area (Å²) in [4.78, 5) is 11.9. The van der Waals surface area contributed by atoms with Crippen LogP contribution in [-0.4, -0.2) is 32.7 Å². The first-order valence-electron chi connectivity index (χ1n) is 6.31.